The van der Waals surface area contributed by atoms with Crippen molar-refractivity contribution in [2.24, 2.45) is 5.92 Å². The van der Waals surface area contributed by atoms with Gasteiger partial charge in [-0.1, -0.05) is 0 Å². The van der Waals surface area contributed by atoms with Crippen LogP contribution in [0.1, 0.15) is 0 Å². The van der Waals surface area contributed by atoms with Crippen LogP contribution in [0.5, 0.6) is 0 Å². The number of hydrogen-bond acceptors (Lipinski definition) is 3. The fraction of sp³-hybridized carbons (Fsp3) is 1.00. The summed E-state index contributed by atoms with van der Waals surface area (Å²) in [5.41, 5.74) is 0. The van der Waals surface area contributed by atoms with Crippen LogP contribution in [0.25, 0.3) is 0 Å². The largest absolute Gasteiger partial charge is 0.379 e. The maximum atomic E-state index is 12.5. The highest BCUT2D eigenvalue weighted by molar-refractivity contribution is 4.83. The van der Waals surface area contributed by atoms with Crippen LogP contribution in [0.4, 0.5) is 17.6 Å². The highest BCUT2D eigenvalue weighted by atomic mass is 19.3. The Kier molecular flexibility index (Phi) is 4.94. The standard InChI is InChI=1S/C9H16F4N2O/c1-14-7-4-16-3-6(7)2-15-5-9(12,13)8(10)11/h6-8,14-15H,2-5H2,1H3. The smallest absolute Gasteiger partial charge is 0.319 e. The molecule has 0 bridgehead atoms. The quantitative estimate of drug-likeness (QED) is 0.675. The Labute approximate surface area is 91.5 Å². The van der Waals surface area contributed by atoms with E-state index in [1.165, 1.54) is 0 Å². The zero-order valence-electron chi connectivity index (χ0n) is 8.98. The van der Waals surface area contributed by atoms with Gasteiger partial charge in [0.1, 0.15) is 0 Å². The van der Waals surface area contributed by atoms with E-state index in [2.05, 4.69) is 10.6 Å². The highest BCUT2D eigenvalue weighted by Gasteiger charge is 2.40. The molecule has 1 heterocycles. The van der Waals surface area contributed by atoms with Gasteiger partial charge < -0.3 is 15.4 Å². The number of ether oxygens (including phenoxy) is 1. The van der Waals surface area contributed by atoms with Crippen molar-refractivity contribution in [1.29, 1.82) is 0 Å². The van der Waals surface area contributed by atoms with E-state index in [4.69, 9.17) is 4.74 Å². The Morgan fingerprint density at radius 3 is 2.62 bits per heavy atom. The van der Waals surface area contributed by atoms with E-state index < -0.39 is 18.9 Å². The molecule has 3 nitrogen and oxygen atoms in total. The van der Waals surface area contributed by atoms with Crippen LogP contribution < -0.4 is 10.6 Å². The van der Waals surface area contributed by atoms with E-state index in [9.17, 15) is 17.6 Å². The van der Waals surface area contributed by atoms with Crippen LogP contribution in [0.15, 0.2) is 0 Å². The predicted octanol–water partition coefficient (Wildman–Crippen LogP) is 0.711. The Hall–Kier alpha value is -0.400. The summed E-state index contributed by atoms with van der Waals surface area (Å²) in [6.07, 6.45) is -3.63. The minimum absolute atomic E-state index is 0.0403. The molecule has 1 aliphatic heterocycles. The van der Waals surface area contributed by atoms with E-state index in [0.717, 1.165) is 0 Å². The summed E-state index contributed by atoms with van der Waals surface area (Å²) in [5, 5.41) is 5.35. The molecule has 0 spiro atoms. The first-order valence-corrected chi connectivity index (χ1v) is 5.09. The molecule has 2 atom stereocenters. The number of likely N-dealkylation sites (N-methyl/N-ethyl adjacent to an activating group) is 1. The second kappa shape index (κ2) is 5.79. The van der Waals surface area contributed by atoms with Gasteiger partial charge in [0.25, 0.3) is 0 Å². The van der Waals surface area contributed by atoms with E-state index in [1.807, 2.05) is 0 Å². The molecule has 0 aliphatic carbocycles. The molecule has 0 aromatic carbocycles. The molecule has 0 amide bonds. The average molecular weight is 244 g/mol. The summed E-state index contributed by atoms with van der Waals surface area (Å²) < 4.78 is 53.9. The van der Waals surface area contributed by atoms with Gasteiger partial charge in [0.05, 0.1) is 19.8 Å². The number of hydrogen-bond donors (Lipinski definition) is 2. The SMILES string of the molecule is CNC1COCC1CNCC(F)(F)C(F)F. The van der Waals surface area contributed by atoms with Crippen LogP contribution in [-0.4, -0.2) is 51.7 Å². The molecule has 1 rings (SSSR count). The van der Waals surface area contributed by atoms with Gasteiger partial charge in [-0.25, -0.2) is 8.78 Å². The van der Waals surface area contributed by atoms with Crippen molar-refractivity contribution in [3.63, 3.8) is 0 Å². The lowest BCUT2D eigenvalue weighted by Crippen LogP contribution is -2.44. The second-order valence-electron chi connectivity index (χ2n) is 3.89. The van der Waals surface area contributed by atoms with Gasteiger partial charge in [-0.3, -0.25) is 0 Å². The molecule has 7 heteroatoms. The Bertz CT molecular complexity index is 216. The lowest BCUT2D eigenvalue weighted by atomic mass is 10.0. The third-order valence-electron chi connectivity index (χ3n) is 2.66. The van der Waals surface area contributed by atoms with Crippen LogP contribution >= 0.6 is 0 Å². The van der Waals surface area contributed by atoms with Gasteiger partial charge in [-0.15, -0.1) is 0 Å². The second-order valence-corrected chi connectivity index (χ2v) is 3.89. The predicted molar refractivity (Wildman–Crippen MR) is 51.0 cm³/mol. The number of halogens is 4. The molecule has 1 aliphatic rings. The Morgan fingerprint density at radius 1 is 1.38 bits per heavy atom. The molecular formula is C9H16F4N2O. The minimum atomic E-state index is -3.96. The molecule has 16 heavy (non-hydrogen) atoms. The van der Waals surface area contributed by atoms with Crippen molar-refractivity contribution in [3.8, 4) is 0 Å². The fourth-order valence-corrected chi connectivity index (χ4v) is 1.62. The first-order valence-electron chi connectivity index (χ1n) is 5.09. The van der Waals surface area contributed by atoms with Gasteiger partial charge in [0.2, 0.25) is 0 Å². The molecule has 96 valence electrons. The van der Waals surface area contributed by atoms with E-state index in [0.29, 0.717) is 13.2 Å². The van der Waals surface area contributed by atoms with Gasteiger partial charge in [0.15, 0.2) is 0 Å². The van der Waals surface area contributed by atoms with Crippen LogP contribution in [0.3, 0.4) is 0 Å². The third kappa shape index (κ3) is 3.57. The molecule has 0 aromatic heterocycles. The number of alkyl halides is 4. The molecular weight excluding hydrogens is 228 g/mol. The Morgan fingerprint density at radius 2 is 2.06 bits per heavy atom. The lowest BCUT2D eigenvalue weighted by molar-refractivity contribution is -0.125. The molecule has 1 fully saturated rings. The minimum Gasteiger partial charge on any atom is -0.379 e. The lowest BCUT2D eigenvalue weighted by Gasteiger charge is -2.20. The van der Waals surface area contributed by atoms with Crippen LogP contribution in [-0.2, 0) is 4.74 Å². The van der Waals surface area contributed by atoms with Crippen molar-refractivity contribution < 1.29 is 22.3 Å². The maximum absolute atomic E-state index is 12.5. The average Bonchev–Trinajstić information content (AvgIpc) is 2.64. The van der Waals surface area contributed by atoms with Crippen molar-refractivity contribution in [2.75, 3.05) is 33.4 Å². The van der Waals surface area contributed by atoms with Crippen molar-refractivity contribution in [3.05, 3.63) is 0 Å². The van der Waals surface area contributed by atoms with Crippen molar-refractivity contribution in [2.45, 2.75) is 18.4 Å². The van der Waals surface area contributed by atoms with Crippen LogP contribution in [0.2, 0.25) is 0 Å². The first kappa shape index (κ1) is 13.7. The summed E-state index contributed by atoms with van der Waals surface area (Å²) in [6.45, 7) is 0.220. The fourth-order valence-electron chi connectivity index (χ4n) is 1.62. The number of nitrogens with one attached hydrogen (secondary N) is 2. The van der Waals surface area contributed by atoms with Gasteiger partial charge in [-0.05, 0) is 7.05 Å². The van der Waals surface area contributed by atoms with Gasteiger partial charge in [0, 0.05) is 18.5 Å². The summed E-state index contributed by atoms with van der Waals surface area (Å²) in [6, 6.07) is 0.0904. The van der Waals surface area contributed by atoms with Gasteiger partial charge in [-0.2, -0.15) is 8.78 Å². The van der Waals surface area contributed by atoms with Crippen molar-refractivity contribution >= 4 is 0 Å². The molecule has 0 aromatic rings. The zero-order valence-corrected chi connectivity index (χ0v) is 8.98. The maximum Gasteiger partial charge on any atom is 0.319 e. The normalized spacial score (nSPS) is 26.6. The van der Waals surface area contributed by atoms with E-state index in [1.54, 1.807) is 7.05 Å². The Balaban J connectivity index is 2.25. The van der Waals surface area contributed by atoms with Crippen molar-refractivity contribution in [1.82, 2.24) is 10.6 Å². The third-order valence-corrected chi connectivity index (χ3v) is 2.66. The van der Waals surface area contributed by atoms with E-state index in [-0.39, 0.29) is 18.5 Å². The topological polar surface area (TPSA) is 33.3 Å². The molecule has 2 unspecified atom stereocenters. The summed E-state index contributed by atoms with van der Waals surface area (Å²) in [4.78, 5) is 0. The molecule has 0 saturated carbocycles. The molecule has 0 radical (unpaired) electrons. The molecule has 1 saturated heterocycles. The number of rotatable bonds is 6. The molecule has 2 N–H and O–H groups in total. The highest BCUT2D eigenvalue weighted by Crippen LogP contribution is 2.21. The monoisotopic (exact) mass is 244 g/mol. The van der Waals surface area contributed by atoms with E-state index >= 15 is 0 Å². The summed E-state index contributed by atoms with van der Waals surface area (Å²) >= 11 is 0. The summed E-state index contributed by atoms with van der Waals surface area (Å²) in [7, 11) is 1.75. The first-order chi connectivity index (χ1) is 7.47. The zero-order chi connectivity index (χ0) is 12.2. The van der Waals surface area contributed by atoms with Crippen LogP contribution in [0, 0.1) is 5.92 Å². The van der Waals surface area contributed by atoms with Gasteiger partial charge >= 0.3 is 12.3 Å². The summed E-state index contributed by atoms with van der Waals surface area (Å²) in [5.74, 6) is -3.92.